The molecule has 0 saturated carbocycles. The molecular weight excluding hydrogens is 184 g/mol. The average Bonchev–Trinajstić information content (AvgIpc) is 2.68. The first-order valence-corrected chi connectivity index (χ1v) is 4.02. The van der Waals surface area contributed by atoms with Crippen LogP contribution in [0.4, 0.5) is 0 Å². The second kappa shape index (κ2) is 3.57. The van der Waals surface area contributed by atoms with E-state index >= 15 is 0 Å². The lowest BCUT2D eigenvalue weighted by atomic mass is 10.2. The SMILES string of the molecule is OC(O)c1noc(-c2ccccc2)n1. The van der Waals surface area contributed by atoms with Gasteiger partial charge < -0.3 is 14.7 Å². The van der Waals surface area contributed by atoms with Crippen molar-refractivity contribution in [3.63, 3.8) is 0 Å². The molecule has 0 atom stereocenters. The van der Waals surface area contributed by atoms with E-state index in [2.05, 4.69) is 10.1 Å². The van der Waals surface area contributed by atoms with Gasteiger partial charge in [-0.1, -0.05) is 23.4 Å². The molecule has 0 unspecified atom stereocenters. The molecule has 0 aliphatic rings. The minimum Gasteiger partial charge on any atom is -0.362 e. The van der Waals surface area contributed by atoms with Gasteiger partial charge in [-0.25, -0.2) is 0 Å². The first-order valence-electron chi connectivity index (χ1n) is 4.02. The van der Waals surface area contributed by atoms with Crippen LogP contribution in [0.3, 0.4) is 0 Å². The van der Waals surface area contributed by atoms with Gasteiger partial charge in [0.05, 0.1) is 0 Å². The Kier molecular flexibility index (Phi) is 2.26. The number of rotatable bonds is 2. The maximum Gasteiger partial charge on any atom is 0.258 e. The molecule has 1 heterocycles. The Bertz CT molecular complexity index is 411. The third-order valence-corrected chi connectivity index (χ3v) is 1.69. The summed E-state index contributed by atoms with van der Waals surface area (Å²) in [5, 5.41) is 20.9. The van der Waals surface area contributed by atoms with Gasteiger partial charge in [0.2, 0.25) is 12.1 Å². The average molecular weight is 192 g/mol. The maximum absolute atomic E-state index is 8.75. The summed E-state index contributed by atoms with van der Waals surface area (Å²) in [6.07, 6.45) is -1.70. The van der Waals surface area contributed by atoms with Gasteiger partial charge in [-0.05, 0) is 12.1 Å². The van der Waals surface area contributed by atoms with E-state index in [1.165, 1.54) is 0 Å². The second-order valence-corrected chi connectivity index (χ2v) is 2.70. The molecule has 2 aromatic rings. The summed E-state index contributed by atoms with van der Waals surface area (Å²) in [6, 6.07) is 9.10. The zero-order valence-corrected chi connectivity index (χ0v) is 7.16. The lowest BCUT2D eigenvalue weighted by Crippen LogP contribution is -1.96. The third-order valence-electron chi connectivity index (χ3n) is 1.69. The number of nitrogens with zero attached hydrogens (tertiary/aromatic N) is 2. The number of hydrogen-bond donors (Lipinski definition) is 2. The Hall–Kier alpha value is -1.72. The Morgan fingerprint density at radius 1 is 1.14 bits per heavy atom. The van der Waals surface area contributed by atoms with Crippen LogP contribution in [-0.4, -0.2) is 20.4 Å². The van der Waals surface area contributed by atoms with Crippen LogP contribution < -0.4 is 0 Å². The molecule has 0 aliphatic heterocycles. The minimum absolute atomic E-state index is 0.135. The fourth-order valence-corrected chi connectivity index (χ4v) is 1.04. The van der Waals surface area contributed by atoms with Gasteiger partial charge in [-0.2, -0.15) is 4.98 Å². The molecule has 0 radical (unpaired) electrons. The monoisotopic (exact) mass is 192 g/mol. The van der Waals surface area contributed by atoms with Crippen LogP contribution in [-0.2, 0) is 0 Å². The van der Waals surface area contributed by atoms with Crippen LogP contribution in [0.1, 0.15) is 12.1 Å². The maximum atomic E-state index is 8.75. The normalized spacial score (nSPS) is 10.8. The van der Waals surface area contributed by atoms with Crippen molar-refractivity contribution < 1.29 is 14.7 Å². The predicted octanol–water partition coefficient (Wildman–Crippen LogP) is 0.720. The predicted molar refractivity (Wildman–Crippen MR) is 46.9 cm³/mol. The fraction of sp³-hybridized carbons (Fsp3) is 0.111. The van der Waals surface area contributed by atoms with Gasteiger partial charge in [0, 0.05) is 5.56 Å². The van der Waals surface area contributed by atoms with E-state index in [0.29, 0.717) is 0 Å². The number of aromatic nitrogens is 2. The largest absolute Gasteiger partial charge is 0.362 e. The van der Waals surface area contributed by atoms with E-state index in [1.54, 1.807) is 12.1 Å². The fourth-order valence-electron chi connectivity index (χ4n) is 1.04. The highest BCUT2D eigenvalue weighted by atomic mass is 16.5. The summed E-state index contributed by atoms with van der Waals surface area (Å²) in [6.45, 7) is 0. The zero-order chi connectivity index (χ0) is 9.97. The van der Waals surface area contributed by atoms with Crippen LogP contribution in [0.25, 0.3) is 11.5 Å². The quantitative estimate of drug-likeness (QED) is 0.685. The Morgan fingerprint density at radius 2 is 1.86 bits per heavy atom. The van der Waals surface area contributed by atoms with Crippen LogP contribution >= 0.6 is 0 Å². The summed E-state index contributed by atoms with van der Waals surface area (Å²) in [7, 11) is 0. The van der Waals surface area contributed by atoms with Gasteiger partial charge >= 0.3 is 0 Å². The highest BCUT2D eigenvalue weighted by Crippen LogP contribution is 2.17. The van der Waals surface area contributed by atoms with Crippen molar-refractivity contribution in [2.24, 2.45) is 0 Å². The number of hydrogen-bond acceptors (Lipinski definition) is 5. The van der Waals surface area contributed by atoms with Crippen molar-refractivity contribution in [3.05, 3.63) is 36.2 Å². The first-order chi connectivity index (χ1) is 6.77. The summed E-state index contributed by atoms with van der Waals surface area (Å²) in [5.74, 6) is 0.137. The third kappa shape index (κ3) is 1.63. The molecule has 0 amide bonds. The van der Waals surface area contributed by atoms with Crippen molar-refractivity contribution in [2.75, 3.05) is 0 Å². The first kappa shape index (κ1) is 8.86. The van der Waals surface area contributed by atoms with E-state index in [1.807, 2.05) is 18.2 Å². The van der Waals surface area contributed by atoms with E-state index in [9.17, 15) is 0 Å². The van der Waals surface area contributed by atoms with Crippen molar-refractivity contribution in [1.82, 2.24) is 10.1 Å². The standard InChI is InChI=1S/C9H8N2O3/c12-9(13)7-10-8(14-11-7)6-4-2-1-3-5-6/h1-5,9,12-13H. The van der Waals surface area contributed by atoms with Crippen molar-refractivity contribution in [3.8, 4) is 11.5 Å². The van der Waals surface area contributed by atoms with E-state index in [-0.39, 0.29) is 11.7 Å². The van der Waals surface area contributed by atoms with Crippen LogP contribution in [0.5, 0.6) is 0 Å². The zero-order valence-electron chi connectivity index (χ0n) is 7.16. The molecule has 2 rings (SSSR count). The van der Waals surface area contributed by atoms with Gasteiger partial charge in [0.15, 0.2) is 0 Å². The Labute approximate surface area is 79.6 Å². The van der Waals surface area contributed by atoms with Gasteiger partial charge in [0.1, 0.15) is 0 Å². The van der Waals surface area contributed by atoms with Crippen molar-refractivity contribution in [2.45, 2.75) is 6.29 Å². The van der Waals surface area contributed by atoms with Crippen molar-refractivity contribution >= 4 is 0 Å². The molecular formula is C9H8N2O3. The van der Waals surface area contributed by atoms with E-state index in [0.717, 1.165) is 5.56 Å². The number of benzene rings is 1. The van der Waals surface area contributed by atoms with Crippen LogP contribution in [0.15, 0.2) is 34.9 Å². The van der Waals surface area contributed by atoms with Gasteiger partial charge in [-0.3, -0.25) is 0 Å². The molecule has 2 N–H and O–H groups in total. The number of aliphatic hydroxyl groups excluding tert-OH is 1. The molecule has 72 valence electrons. The lowest BCUT2D eigenvalue weighted by Gasteiger charge is -1.92. The smallest absolute Gasteiger partial charge is 0.258 e. The highest BCUT2D eigenvalue weighted by Gasteiger charge is 2.12. The molecule has 0 spiro atoms. The highest BCUT2D eigenvalue weighted by molar-refractivity contribution is 5.51. The van der Waals surface area contributed by atoms with E-state index in [4.69, 9.17) is 14.7 Å². The van der Waals surface area contributed by atoms with Gasteiger partial charge in [0.25, 0.3) is 5.89 Å². The lowest BCUT2D eigenvalue weighted by molar-refractivity contribution is -0.0506. The summed E-state index contributed by atoms with van der Waals surface area (Å²) >= 11 is 0. The molecule has 0 aliphatic carbocycles. The summed E-state index contributed by atoms with van der Waals surface area (Å²) in [5.41, 5.74) is 0.743. The molecule has 14 heavy (non-hydrogen) atoms. The van der Waals surface area contributed by atoms with E-state index < -0.39 is 6.29 Å². The molecule has 0 fully saturated rings. The summed E-state index contributed by atoms with van der Waals surface area (Å²) < 4.78 is 4.83. The molecule has 1 aromatic carbocycles. The second-order valence-electron chi connectivity index (χ2n) is 2.70. The molecule has 0 saturated heterocycles. The number of aliphatic hydroxyl groups is 2. The molecule has 5 nitrogen and oxygen atoms in total. The van der Waals surface area contributed by atoms with Crippen LogP contribution in [0.2, 0.25) is 0 Å². The van der Waals surface area contributed by atoms with Crippen LogP contribution in [0, 0.1) is 0 Å². The molecule has 0 bridgehead atoms. The topological polar surface area (TPSA) is 79.4 Å². The molecule has 1 aromatic heterocycles. The minimum atomic E-state index is -1.70. The Morgan fingerprint density at radius 3 is 2.43 bits per heavy atom. The Balaban J connectivity index is 2.34. The van der Waals surface area contributed by atoms with Gasteiger partial charge in [-0.15, -0.1) is 0 Å². The summed E-state index contributed by atoms with van der Waals surface area (Å²) in [4.78, 5) is 3.80. The van der Waals surface area contributed by atoms with Crippen molar-refractivity contribution in [1.29, 1.82) is 0 Å². The molecule has 5 heteroatoms.